The van der Waals surface area contributed by atoms with E-state index in [0.29, 0.717) is 6.42 Å². The smallest absolute Gasteiger partial charge is 0.0540 e. The Bertz CT molecular complexity index is 617. The minimum absolute atomic E-state index is 0.139. The average Bonchev–Trinajstić information content (AvgIpc) is 3.03. The van der Waals surface area contributed by atoms with Gasteiger partial charge in [-0.25, -0.2) is 0 Å². The van der Waals surface area contributed by atoms with E-state index in [0.717, 1.165) is 24.7 Å². The van der Waals surface area contributed by atoms with E-state index in [9.17, 15) is 0 Å². The Kier molecular flexibility index (Phi) is 5.10. The van der Waals surface area contributed by atoms with Crippen LogP contribution in [0.5, 0.6) is 0 Å². The van der Waals surface area contributed by atoms with Gasteiger partial charge < -0.3 is 5.11 Å². The summed E-state index contributed by atoms with van der Waals surface area (Å²) in [7, 11) is 0. The predicted molar refractivity (Wildman–Crippen MR) is 89.5 cm³/mol. The SMILES string of the molecule is OCCC#Cc1csc(CN(Cc2ccsc2)C2CC2)c1. The van der Waals surface area contributed by atoms with Crippen LogP contribution >= 0.6 is 22.7 Å². The van der Waals surface area contributed by atoms with E-state index < -0.39 is 0 Å². The lowest BCUT2D eigenvalue weighted by Gasteiger charge is -2.20. The normalized spacial score (nSPS) is 14.2. The van der Waals surface area contributed by atoms with Crippen molar-refractivity contribution in [2.45, 2.75) is 38.4 Å². The Morgan fingerprint density at radius 2 is 2.19 bits per heavy atom. The van der Waals surface area contributed by atoms with E-state index in [1.165, 1.54) is 23.3 Å². The molecule has 4 heteroatoms. The van der Waals surface area contributed by atoms with Crippen LogP contribution < -0.4 is 0 Å². The van der Waals surface area contributed by atoms with Crippen LogP contribution in [0.25, 0.3) is 0 Å². The molecule has 0 amide bonds. The molecule has 110 valence electrons. The number of hydrogen-bond acceptors (Lipinski definition) is 4. The Morgan fingerprint density at radius 3 is 2.90 bits per heavy atom. The summed E-state index contributed by atoms with van der Waals surface area (Å²) < 4.78 is 0. The molecule has 1 aliphatic rings. The molecule has 2 aromatic heterocycles. The van der Waals surface area contributed by atoms with Crippen molar-refractivity contribution in [3.63, 3.8) is 0 Å². The summed E-state index contributed by atoms with van der Waals surface area (Å²) in [4.78, 5) is 3.96. The van der Waals surface area contributed by atoms with Crippen molar-refractivity contribution in [1.82, 2.24) is 4.90 Å². The van der Waals surface area contributed by atoms with E-state index in [2.05, 4.69) is 45.0 Å². The second-order valence-corrected chi connectivity index (χ2v) is 7.12. The molecule has 1 N–H and O–H groups in total. The number of hydrogen-bond donors (Lipinski definition) is 1. The molecule has 21 heavy (non-hydrogen) atoms. The van der Waals surface area contributed by atoms with Crippen molar-refractivity contribution in [2.75, 3.05) is 6.61 Å². The molecule has 0 unspecified atom stereocenters. The molecular formula is C17H19NOS2. The molecule has 1 saturated carbocycles. The van der Waals surface area contributed by atoms with Crippen LogP contribution in [0.3, 0.4) is 0 Å². The third-order valence-electron chi connectivity index (χ3n) is 3.51. The summed E-state index contributed by atoms with van der Waals surface area (Å²) >= 11 is 3.56. The first-order valence-corrected chi connectivity index (χ1v) is 9.09. The van der Waals surface area contributed by atoms with Gasteiger partial charge in [0.2, 0.25) is 0 Å². The summed E-state index contributed by atoms with van der Waals surface area (Å²) in [5, 5.41) is 15.3. The maximum Gasteiger partial charge on any atom is 0.0540 e. The van der Waals surface area contributed by atoms with Gasteiger partial charge in [-0.2, -0.15) is 11.3 Å². The third-order valence-corrected chi connectivity index (χ3v) is 5.16. The second-order valence-electron chi connectivity index (χ2n) is 5.34. The second kappa shape index (κ2) is 7.24. The summed E-state index contributed by atoms with van der Waals surface area (Å²) in [5.41, 5.74) is 2.50. The average molecular weight is 317 g/mol. The number of nitrogens with zero attached hydrogens (tertiary/aromatic N) is 1. The zero-order chi connectivity index (χ0) is 14.5. The summed E-state index contributed by atoms with van der Waals surface area (Å²) in [6.07, 6.45) is 3.22. The zero-order valence-electron chi connectivity index (χ0n) is 11.9. The number of aliphatic hydroxyl groups excluding tert-OH is 1. The Hall–Kier alpha value is -1.12. The highest BCUT2D eigenvalue weighted by Crippen LogP contribution is 2.31. The summed E-state index contributed by atoms with van der Waals surface area (Å²) in [6, 6.07) is 5.18. The maximum atomic E-state index is 8.75. The van der Waals surface area contributed by atoms with Crippen LogP contribution in [0.1, 0.15) is 35.3 Å². The summed E-state index contributed by atoms with van der Waals surface area (Å²) in [5.74, 6) is 6.10. The standard InChI is InChI=1S/C17H19NOS2/c19-7-2-1-3-14-9-17(21-13-14)11-18(16-4-5-16)10-15-6-8-20-12-15/h6,8-9,12-13,16,19H,2,4-5,7,10-11H2. The fourth-order valence-corrected chi connectivity index (χ4v) is 3.82. The van der Waals surface area contributed by atoms with Gasteiger partial charge in [-0.3, -0.25) is 4.90 Å². The van der Waals surface area contributed by atoms with E-state index in [-0.39, 0.29) is 6.61 Å². The molecule has 3 rings (SSSR count). The summed E-state index contributed by atoms with van der Waals surface area (Å²) in [6.45, 7) is 2.21. The van der Waals surface area contributed by atoms with Gasteiger partial charge in [-0.1, -0.05) is 11.8 Å². The highest BCUT2D eigenvalue weighted by molar-refractivity contribution is 7.10. The lowest BCUT2D eigenvalue weighted by Crippen LogP contribution is -2.24. The van der Waals surface area contributed by atoms with E-state index in [4.69, 9.17) is 5.11 Å². The number of aliphatic hydroxyl groups is 1. The minimum Gasteiger partial charge on any atom is -0.395 e. The van der Waals surface area contributed by atoms with Crippen molar-refractivity contribution in [3.05, 3.63) is 44.3 Å². The monoisotopic (exact) mass is 317 g/mol. The highest BCUT2D eigenvalue weighted by Gasteiger charge is 2.29. The van der Waals surface area contributed by atoms with Gasteiger partial charge in [0, 0.05) is 41.4 Å². The molecule has 0 atom stereocenters. The fourth-order valence-electron chi connectivity index (χ4n) is 2.32. The topological polar surface area (TPSA) is 23.5 Å². The van der Waals surface area contributed by atoms with Gasteiger partial charge >= 0.3 is 0 Å². The number of thiophene rings is 2. The van der Waals surface area contributed by atoms with Crippen molar-refractivity contribution < 1.29 is 5.11 Å². The molecule has 1 fully saturated rings. The van der Waals surface area contributed by atoms with Crippen LogP contribution in [0.4, 0.5) is 0 Å². The first-order valence-electron chi connectivity index (χ1n) is 7.27. The van der Waals surface area contributed by atoms with Gasteiger partial charge in [0.05, 0.1) is 6.61 Å². The Balaban J connectivity index is 1.62. The molecule has 2 aromatic rings. The van der Waals surface area contributed by atoms with Crippen molar-refractivity contribution in [2.24, 2.45) is 0 Å². The van der Waals surface area contributed by atoms with E-state index in [1.54, 1.807) is 22.7 Å². The van der Waals surface area contributed by atoms with Gasteiger partial charge in [-0.15, -0.1) is 11.3 Å². The minimum atomic E-state index is 0.139. The van der Waals surface area contributed by atoms with Gasteiger partial charge in [-0.05, 0) is 41.3 Å². The molecule has 0 aliphatic heterocycles. The van der Waals surface area contributed by atoms with Crippen LogP contribution in [-0.2, 0) is 13.1 Å². The Morgan fingerprint density at radius 1 is 1.29 bits per heavy atom. The molecule has 0 saturated heterocycles. The quantitative estimate of drug-likeness (QED) is 0.821. The fraction of sp³-hybridized carbons (Fsp3) is 0.412. The third kappa shape index (κ3) is 4.42. The van der Waals surface area contributed by atoms with Gasteiger partial charge in [0.15, 0.2) is 0 Å². The van der Waals surface area contributed by atoms with Gasteiger partial charge in [0.25, 0.3) is 0 Å². The van der Waals surface area contributed by atoms with Crippen LogP contribution in [-0.4, -0.2) is 22.7 Å². The zero-order valence-corrected chi connectivity index (χ0v) is 13.6. The predicted octanol–water partition coefficient (Wildman–Crippen LogP) is 3.71. The molecule has 2 nitrogen and oxygen atoms in total. The molecule has 0 spiro atoms. The molecule has 1 aliphatic carbocycles. The van der Waals surface area contributed by atoms with E-state index >= 15 is 0 Å². The Labute approximate surface area is 134 Å². The molecular weight excluding hydrogens is 298 g/mol. The van der Waals surface area contributed by atoms with Crippen LogP contribution in [0.15, 0.2) is 28.3 Å². The van der Waals surface area contributed by atoms with Crippen molar-refractivity contribution in [1.29, 1.82) is 0 Å². The molecule has 2 heterocycles. The van der Waals surface area contributed by atoms with Gasteiger partial charge in [0.1, 0.15) is 0 Å². The molecule has 0 aromatic carbocycles. The van der Waals surface area contributed by atoms with Crippen molar-refractivity contribution in [3.8, 4) is 11.8 Å². The van der Waals surface area contributed by atoms with Crippen LogP contribution in [0, 0.1) is 11.8 Å². The van der Waals surface area contributed by atoms with E-state index in [1.807, 2.05) is 0 Å². The lowest BCUT2D eigenvalue weighted by atomic mass is 10.2. The highest BCUT2D eigenvalue weighted by atomic mass is 32.1. The molecule has 0 bridgehead atoms. The first kappa shape index (κ1) is 14.8. The number of rotatable bonds is 6. The molecule has 0 radical (unpaired) electrons. The van der Waals surface area contributed by atoms with Crippen molar-refractivity contribution >= 4 is 22.7 Å². The maximum absolute atomic E-state index is 8.75. The van der Waals surface area contributed by atoms with Crippen LogP contribution in [0.2, 0.25) is 0 Å². The largest absolute Gasteiger partial charge is 0.395 e. The lowest BCUT2D eigenvalue weighted by molar-refractivity contribution is 0.248. The first-order chi connectivity index (χ1) is 10.3.